The molecule has 0 spiro atoms. The molecule has 1 saturated carbocycles. The van der Waals surface area contributed by atoms with E-state index in [1.807, 2.05) is 0 Å². The van der Waals surface area contributed by atoms with E-state index < -0.39 is 0 Å². The maximum Gasteiger partial charge on any atom is 0.303 e. The largest absolute Gasteiger partial charge is 0.455 e. The van der Waals surface area contributed by atoms with Gasteiger partial charge in [-0.05, 0) is 31.3 Å². The van der Waals surface area contributed by atoms with Gasteiger partial charge in [-0.25, -0.2) is 0 Å². The lowest BCUT2D eigenvalue weighted by Gasteiger charge is -2.39. The Morgan fingerprint density at radius 1 is 1.62 bits per heavy atom. The standard InChI is InChI=1S/C11H18O2/c1-4-11(13-10(3)12)8-6-5-7-9(11)2/h4,9H,1,5-8H2,2-3H3/t9-,11+/m1/s1. The zero-order chi connectivity index (χ0) is 9.90. The van der Waals surface area contributed by atoms with Gasteiger partial charge in [0.05, 0.1) is 0 Å². The topological polar surface area (TPSA) is 26.3 Å². The van der Waals surface area contributed by atoms with Crippen LogP contribution in [0.25, 0.3) is 0 Å². The van der Waals surface area contributed by atoms with Crippen LogP contribution in [0, 0.1) is 5.92 Å². The van der Waals surface area contributed by atoms with Crippen LogP contribution in [-0.2, 0) is 9.53 Å². The monoisotopic (exact) mass is 182 g/mol. The molecule has 1 fully saturated rings. The highest BCUT2D eigenvalue weighted by Crippen LogP contribution is 2.37. The first-order valence-electron chi connectivity index (χ1n) is 4.94. The van der Waals surface area contributed by atoms with Crippen molar-refractivity contribution in [1.82, 2.24) is 0 Å². The third-order valence-corrected chi connectivity index (χ3v) is 2.97. The fraction of sp³-hybridized carbons (Fsp3) is 0.727. The van der Waals surface area contributed by atoms with E-state index in [1.54, 1.807) is 6.08 Å². The minimum atomic E-state index is -0.385. The number of hydrogen-bond acceptors (Lipinski definition) is 2. The fourth-order valence-corrected chi connectivity index (χ4v) is 2.11. The zero-order valence-corrected chi connectivity index (χ0v) is 8.51. The van der Waals surface area contributed by atoms with E-state index in [0.717, 1.165) is 19.3 Å². The predicted molar refractivity (Wildman–Crippen MR) is 52.3 cm³/mol. The van der Waals surface area contributed by atoms with Gasteiger partial charge in [0.25, 0.3) is 0 Å². The van der Waals surface area contributed by atoms with Crippen LogP contribution in [0.4, 0.5) is 0 Å². The smallest absolute Gasteiger partial charge is 0.303 e. The fourth-order valence-electron chi connectivity index (χ4n) is 2.11. The molecule has 0 aromatic rings. The second-order valence-corrected chi connectivity index (χ2v) is 3.90. The molecule has 0 radical (unpaired) electrons. The Balaban J connectivity index is 2.75. The van der Waals surface area contributed by atoms with Crippen molar-refractivity contribution in [2.24, 2.45) is 5.92 Å². The van der Waals surface area contributed by atoms with Crippen molar-refractivity contribution in [3.05, 3.63) is 12.7 Å². The number of carbonyl (C=O) groups is 1. The minimum absolute atomic E-state index is 0.200. The highest BCUT2D eigenvalue weighted by Gasteiger charge is 2.38. The molecule has 0 saturated heterocycles. The number of hydrogen-bond donors (Lipinski definition) is 0. The van der Waals surface area contributed by atoms with Gasteiger partial charge < -0.3 is 4.74 Å². The summed E-state index contributed by atoms with van der Waals surface area (Å²) in [5, 5.41) is 0. The third kappa shape index (κ3) is 2.11. The van der Waals surface area contributed by atoms with Crippen LogP contribution in [0.15, 0.2) is 12.7 Å². The molecular weight excluding hydrogens is 164 g/mol. The number of rotatable bonds is 2. The van der Waals surface area contributed by atoms with Crippen LogP contribution in [0.5, 0.6) is 0 Å². The van der Waals surface area contributed by atoms with Gasteiger partial charge in [-0.15, -0.1) is 0 Å². The molecule has 1 rings (SSSR count). The van der Waals surface area contributed by atoms with Crippen molar-refractivity contribution in [1.29, 1.82) is 0 Å². The lowest BCUT2D eigenvalue weighted by molar-refractivity contribution is -0.159. The quantitative estimate of drug-likeness (QED) is 0.485. The molecule has 0 bridgehead atoms. The predicted octanol–water partition coefficient (Wildman–Crippen LogP) is 2.68. The van der Waals surface area contributed by atoms with Gasteiger partial charge in [0.1, 0.15) is 5.60 Å². The van der Waals surface area contributed by atoms with Crippen LogP contribution in [0.2, 0.25) is 0 Å². The van der Waals surface area contributed by atoms with Crippen molar-refractivity contribution in [2.45, 2.75) is 45.1 Å². The molecule has 2 heteroatoms. The second-order valence-electron chi connectivity index (χ2n) is 3.90. The normalized spacial score (nSPS) is 33.8. The molecule has 0 unspecified atom stereocenters. The van der Waals surface area contributed by atoms with Crippen LogP contribution in [0.3, 0.4) is 0 Å². The van der Waals surface area contributed by atoms with Gasteiger partial charge in [-0.1, -0.05) is 19.9 Å². The van der Waals surface area contributed by atoms with Gasteiger partial charge in [-0.2, -0.15) is 0 Å². The summed E-state index contributed by atoms with van der Waals surface area (Å²) in [6.07, 6.45) is 6.22. The Hall–Kier alpha value is -0.790. The molecule has 13 heavy (non-hydrogen) atoms. The van der Waals surface area contributed by atoms with E-state index in [9.17, 15) is 4.79 Å². The van der Waals surface area contributed by atoms with Crippen molar-refractivity contribution in [3.8, 4) is 0 Å². The Morgan fingerprint density at radius 2 is 2.31 bits per heavy atom. The summed E-state index contributed by atoms with van der Waals surface area (Å²) in [5.74, 6) is 0.205. The maximum atomic E-state index is 11.0. The first kappa shape index (κ1) is 10.3. The molecule has 0 aliphatic heterocycles. The minimum Gasteiger partial charge on any atom is -0.455 e. The van der Waals surface area contributed by atoms with Crippen molar-refractivity contribution < 1.29 is 9.53 Å². The Kier molecular flexibility index (Phi) is 3.12. The molecule has 0 aromatic heterocycles. The average molecular weight is 182 g/mol. The van der Waals surface area contributed by atoms with E-state index in [4.69, 9.17) is 4.74 Å². The van der Waals surface area contributed by atoms with Crippen LogP contribution >= 0.6 is 0 Å². The molecule has 1 aliphatic rings. The molecule has 0 amide bonds. The summed E-state index contributed by atoms with van der Waals surface area (Å²) in [6.45, 7) is 7.38. The summed E-state index contributed by atoms with van der Waals surface area (Å²) in [7, 11) is 0. The van der Waals surface area contributed by atoms with Gasteiger partial charge in [0.15, 0.2) is 0 Å². The molecule has 0 aromatic carbocycles. The van der Waals surface area contributed by atoms with Gasteiger partial charge >= 0.3 is 5.97 Å². The van der Waals surface area contributed by atoms with Crippen LogP contribution in [-0.4, -0.2) is 11.6 Å². The number of carbonyl (C=O) groups excluding carboxylic acids is 1. The van der Waals surface area contributed by atoms with E-state index >= 15 is 0 Å². The van der Waals surface area contributed by atoms with Gasteiger partial charge in [0, 0.05) is 6.92 Å². The maximum absolute atomic E-state index is 11.0. The molecule has 1 aliphatic carbocycles. The molecule has 0 heterocycles. The molecule has 2 nitrogen and oxygen atoms in total. The van der Waals surface area contributed by atoms with Crippen molar-refractivity contribution in [3.63, 3.8) is 0 Å². The first-order valence-corrected chi connectivity index (χ1v) is 4.94. The summed E-state index contributed by atoms with van der Waals surface area (Å²) in [4.78, 5) is 11.0. The Labute approximate surface area is 80.0 Å². The Bertz CT molecular complexity index is 210. The molecule has 0 N–H and O–H groups in total. The molecule has 2 atom stereocenters. The summed E-state index contributed by atoms with van der Waals surface area (Å²) >= 11 is 0. The average Bonchev–Trinajstić information content (AvgIpc) is 2.08. The van der Waals surface area contributed by atoms with Crippen LogP contribution < -0.4 is 0 Å². The number of ether oxygens (including phenoxy) is 1. The van der Waals surface area contributed by atoms with E-state index in [1.165, 1.54) is 13.3 Å². The number of esters is 1. The SMILES string of the molecule is C=C[C@]1(OC(C)=O)CCCC[C@H]1C. The van der Waals surface area contributed by atoms with Gasteiger partial charge in [0.2, 0.25) is 0 Å². The highest BCUT2D eigenvalue weighted by atomic mass is 16.6. The molecule has 74 valence electrons. The lowest BCUT2D eigenvalue weighted by Crippen LogP contribution is -2.41. The van der Waals surface area contributed by atoms with Crippen molar-refractivity contribution in [2.75, 3.05) is 0 Å². The molecular formula is C11H18O2. The van der Waals surface area contributed by atoms with E-state index in [0.29, 0.717) is 5.92 Å². The van der Waals surface area contributed by atoms with Gasteiger partial charge in [-0.3, -0.25) is 4.79 Å². The second kappa shape index (κ2) is 3.95. The Morgan fingerprint density at radius 3 is 2.77 bits per heavy atom. The third-order valence-electron chi connectivity index (χ3n) is 2.97. The zero-order valence-electron chi connectivity index (χ0n) is 8.51. The van der Waals surface area contributed by atoms with E-state index in [-0.39, 0.29) is 11.6 Å². The van der Waals surface area contributed by atoms with Crippen LogP contribution in [0.1, 0.15) is 39.5 Å². The summed E-state index contributed by atoms with van der Waals surface area (Å²) in [6, 6.07) is 0. The highest BCUT2D eigenvalue weighted by molar-refractivity contribution is 5.66. The lowest BCUT2D eigenvalue weighted by atomic mass is 9.76. The first-order chi connectivity index (χ1) is 6.10. The summed E-state index contributed by atoms with van der Waals surface area (Å²) in [5.41, 5.74) is -0.385. The van der Waals surface area contributed by atoms with Crippen molar-refractivity contribution >= 4 is 5.97 Å². The summed E-state index contributed by atoms with van der Waals surface area (Å²) < 4.78 is 5.38. The van der Waals surface area contributed by atoms with E-state index in [2.05, 4.69) is 13.5 Å².